The summed E-state index contributed by atoms with van der Waals surface area (Å²) in [5.41, 5.74) is 0.227. The molecule has 0 aliphatic rings. The van der Waals surface area contributed by atoms with Gasteiger partial charge in [0.05, 0.1) is 5.75 Å². The van der Waals surface area contributed by atoms with Crippen molar-refractivity contribution >= 4 is 72.6 Å². The molecule has 4 rings (SSSR count). The Labute approximate surface area is 192 Å². The van der Waals surface area contributed by atoms with Gasteiger partial charge in [-0.3, -0.25) is 14.9 Å². The van der Waals surface area contributed by atoms with Crippen molar-refractivity contribution in [2.24, 2.45) is 0 Å². The number of nitrogens with one attached hydrogen (secondary N) is 2. The lowest BCUT2D eigenvalue weighted by atomic mass is 10.2. The number of anilines is 2. The van der Waals surface area contributed by atoms with E-state index in [9.17, 15) is 14.4 Å². The molecule has 0 spiro atoms. The Bertz CT molecular complexity index is 1320. The number of carbonyl (C=O) groups excluding carboxylic acids is 2. The molecule has 0 saturated heterocycles. The summed E-state index contributed by atoms with van der Waals surface area (Å²) in [4.78, 5) is 36.7. The number of rotatable bonds is 6. The zero-order valence-electron chi connectivity index (χ0n) is 15.6. The Hall–Kier alpha value is -3.02. The van der Waals surface area contributed by atoms with Crippen molar-refractivity contribution in [1.29, 1.82) is 0 Å². The van der Waals surface area contributed by atoms with Crippen LogP contribution in [0.2, 0.25) is 0 Å². The maximum atomic E-state index is 12.5. The molecule has 2 aromatic heterocycles. The van der Waals surface area contributed by atoms with Gasteiger partial charge in [0, 0.05) is 15.5 Å². The Balaban J connectivity index is 1.36. The molecule has 0 saturated carbocycles. The highest BCUT2D eigenvalue weighted by Gasteiger charge is 2.16. The first-order valence-corrected chi connectivity index (χ1v) is 11.4. The minimum atomic E-state index is -0.736. The third-order valence-electron chi connectivity index (χ3n) is 3.97. The Morgan fingerprint density at radius 3 is 2.65 bits per heavy atom. The van der Waals surface area contributed by atoms with Crippen molar-refractivity contribution < 1.29 is 14.0 Å². The van der Waals surface area contributed by atoms with Gasteiger partial charge in [0.1, 0.15) is 11.1 Å². The summed E-state index contributed by atoms with van der Waals surface area (Å²) in [6, 6.07) is 15.6. The predicted octanol–water partition coefficient (Wildman–Crippen LogP) is 4.39. The normalized spacial score (nSPS) is 10.7. The van der Waals surface area contributed by atoms with Crippen molar-refractivity contribution in [1.82, 2.24) is 10.2 Å². The number of amides is 2. The average Bonchev–Trinajstić information content (AvgIpc) is 3.20. The summed E-state index contributed by atoms with van der Waals surface area (Å²) < 4.78 is 6.60. The fourth-order valence-electron chi connectivity index (χ4n) is 2.56. The van der Waals surface area contributed by atoms with Crippen LogP contribution in [0.15, 0.2) is 72.6 Å². The maximum Gasteiger partial charge on any atom is 0.349 e. The lowest BCUT2D eigenvalue weighted by Crippen LogP contribution is -2.20. The summed E-state index contributed by atoms with van der Waals surface area (Å²) >= 11 is 5.64. The van der Waals surface area contributed by atoms with Crippen LogP contribution >= 0.6 is 39.0 Å². The molecule has 2 heterocycles. The van der Waals surface area contributed by atoms with Crippen LogP contribution < -0.4 is 16.3 Å². The van der Waals surface area contributed by atoms with Crippen molar-refractivity contribution in [3.63, 3.8) is 0 Å². The summed E-state index contributed by atoms with van der Waals surface area (Å²) in [5, 5.41) is 14.0. The monoisotopic (exact) mass is 516 g/mol. The second-order valence-corrected chi connectivity index (χ2v) is 9.27. The topological polar surface area (TPSA) is 114 Å². The fourth-order valence-corrected chi connectivity index (χ4v) is 4.37. The highest BCUT2D eigenvalue weighted by Crippen LogP contribution is 2.26. The number of para-hydroxylation sites is 1. The summed E-state index contributed by atoms with van der Waals surface area (Å²) in [7, 11) is 0. The Kier molecular flexibility index (Phi) is 6.44. The minimum Gasteiger partial charge on any atom is -0.422 e. The third-order valence-corrected chi connectivity index (χ3v) is 6.47. The maximum absolute atomic E-state index is 12.5. The molecule has 0 bridgehead atoms. The molecule has 156 valence electrons. The van der Waals surface area contributed by atoms with E-state index < -0.39 is 11.5 Å². The van der Waals surface area contributed by atoms with Gasteiger partial charge in [-0.25, -0.2) is 4.79 Å². The van der Waals surface area contributed by atoms with Gasteiger partial charge in [0.25, 0.3) is 5.91 Å². The van der Waals surface area contributed by atoms with Gasteiger partial charge >= 0.3 is 5.63 Å². The third kappa shape index (κ3) is 5.37. The molecule has 11 heteroatoms. The molecule has 0 unspecified atom stereocenters. The van der Waals surface area contributed by atoms with E-state index in [1.54, 1.807) is 36.4 Å². The lowest BCUT2D eigenvalue weighted by molar-refractivity contribution is -0.113. The SMILES string of the molecule is O=C(CSc1nnc(NC(=O)c2cc3ccccc3oc2=O)s1)Nc1ccc(Br)cc1. The molecule has 0 aliphatic carbocycles. The second-order valence-electron chi connectivity index (χ2n) is 6.16. The van der Waals surface area contributed by atoms with Crippen LogP contribution in [0.1, 0.15) is 10.4 Å². The molecule has 0 radical (unpaired) electrons. The second kappa shape index (κ2) is 9.41. The van der Waals surface area contributed by atoms with E-state index in [1.165, 1.54) is 17.8 Å². The Morgan fingerprint density at radius 1 is 1.06 bits per heavy atom. The van der Waals surface area contributed by atoms with Gasteiger partial charge < -0.3 is 9.73 Å². The van der Waals surface area contributed by atoms with Gasteiger partial charge in [-0.15, -0.1) is 10.2 Å². The lowest BCUT2D eigenvalue weighted by Gasteiger charge is -2.03. The number of aromatic nitrogens is 2. The van der Waals surface area contributed by atoms with Crippen molar-refractivity contribution in [2.45, 2.75) is 4.34 Å². The largest absolute Gasteiger partial charge is 0.422 e. The molecular formula is C20H13BrN4O4S2. The van der Waals surface area contributed by atoms with Crippen molar-refractivity contribution in [2.75, 3.05) is 16.4 Å². The van der Waals surface area contributed by atoms with Crippen LogP contribution in [0.3, 0.4) is 0 Å². The summed E-state index contributed by atoms with van der Waals surface area (Å²) in [6.07, 6.45) is 0. The zero-order valence-corrected chi connectivity index (χ0v) is 18.8. The molecule has 0 atom stereocenters. The quantitative estimate of drug-likeness (QED) is 0.222. The van der Waals surface area contributed by atoms with E-state index >= 15 is 0 Å². The molecule has 2 N–H and O–H groups in total. The van der Waals surface area contributed by atoms with Crippen molar-refractivity contribution in [3.8, 4) is 0 Å². The van der Waals surface area contributed by atoms with Crippen LogP contribution in [0.25, 0.3) is 11.0 Å². The van der Waals surface area contributed by atoms with Gasteiger partial charge in [-0.2, -0.15) is 0 Å². The molecule has 0 aliphatic heterocycles. The number of fused-ring (bicyclic) bond motifs is 1. The van der Waals surface area contributed by atoms with E-state index in [1.807, 2.05) is 12.1 Å². The van der Waals surface area contributed by atoms with Gasteiger partial charge in [-0.1, -0.05) is 57.2 Å². The highest BCUT2D eigenvalue weighted by molar-refractivity contribution is 9.10. The molecule has 0 fully saturated rings. The van der Waals surface area contributed by atoms with Crippen LogP contribution in [-0.2, 0) is 4.79 Å². The fraction of sp³-hybridized carbons (Fsp3) is 0.0500. The molecule has 2 aromatic carbocycles. The van der Waals surface area contributed by atoms with Gasteiger partial charge in [0.2, 0.25) is 11.0 Å². The summed E-state index contributed by atoms with van der Waals surface area (Å²) in [6.45, 7) is 0. The zero-order chi connectivity index (χ0) is 21.8. The average molecular weight is 517 g/mol. The smallest absolute Gasteiger partial charge is 0.349 e. The van der Waals surface area contributed by atoms with Gasteiger partial charge in [-0.05, 0) is 36.4 Å². The van der Waals surface area contributed by atoms with Crippen LogP contribution in [0, 0.1) is 0 Å². The van der Waals surface area contributed by atoms with E-state index in [0.717, 1.165) is 15.8 Å². The standard InChI is InChI=1S/C20H13BrN4O4S2/c21-12-5-7-13(8-6-12)22-16(26)10-30-20-25-24-19(31-20)23-17(27)14-9-11-3-1-2-4-15(11)29-18(14)28/h1-9H,10H2,(H,22,26)(H,23,24,27). The van der Waals surface area contributed by atoms with Crippen LogP contribution in [0.4, 0.5) is 10.8 Å². The van der Waals surface area contributed by atoms with E-state index in [2.05, 4.69) is 36.8 Å². The first-order valence-electron chi connectivity index (χ1n) is 8.84. The number of benzene rings is 2. The van der Waals surface area contributed by atoms with E-state index in [0.29, 0.717) is 21.0 Å². The number of hydrogen-bond acceptors (Lipinski definition) is 8. The number of halogens is 1. The molecule has 31 heavy (non-hydrogen) atoms. The first kappa shape index (κ1) is 21.2. The minimum absolute atomic E-state index is 0.128. The van der Waals surface area contributed by atoms with Crippen molar-refractivity contribution in [3.05, 3.63) is 75.1 Å². The van der Waals surface area contributed by atoms with Crippen LogP contribution in [0.5, 0.6) is 0 Å². The van der Waals surface area contributed by atoms with Gasteiger partial charge in [0.15, 0.2) is 4.34 Å². The number of nitrogens with zero attached hydrogens (tertiary/aromatic N) is 2. The summed E-state index contributed by atoms with van der Waals surface area (Å²) in [5.74, 6) is -0.700. The number of thioether (sulfide) groups is 1. The first-order chi connectivity index (χ1) is 15.0. The molecule has 4 aromatic rings. The Morgan fingerprint density at radius 2 is 1.84 bits per heavy atom. The number of carbonyl (C=O) groups is 2. The van der Waals surface area contributed by atoms with E-state index in [4.69, 9.17) is 4.42 Å². The molecule has 2 amide bonds. The molecular weight excluding hydrogens is 504 g/mol. The highest BCUT2D eigenvalue weighted by atomic mass is 79.9. The van der Waals surface area contributed by atoms with E-state index in [-0.39, 0.29) is 22.4 Å². The number of hydrogen-bond donors (Lipinski definition) is 2. The predicted molar refractivity (Wildman–Crippen MR) is 124 cm³/mol. The van der Waals surface area contributed by atoms with Crippen LogP contribution in [-0.4, -0.2) is 27.8 Å². The molecule has 8 nitrogen and oxygen atoms in total.